The summed E-state index contributed by atoms with van der Waals surface area (Å²) in [7, 11) is 0. The van der Waals surface area contributed by atoms with Crippen LogP contribution in [0.1, 0.15) is 63.6 Å². The lowest BCUT2D eigenvalue weighted by Crippen LogP contribution is -2.32. The number of rotatable bonds is 5. The fraction of sp³-hybridized carbons (Fsp3) is 0.812. The van der Waals surface area contributed by atoms with Crippen molar-refractivity contribution in [2.24, 2.45) is 5.41 Å². The first-order valence-electron chi connectivity index (χ1n) is 8.03. The van der Waals surface area contributed by atoms with Gasteiger partial charge in [0, 0.05) is 23.5 Å². The maximum Gasteiger partial charge on any atom is 0.186 e. The molecule has 1 heterocycles. The fourth-order valence-electron chi connectivity index (χ4n) is 3.39. The summed E-state index contributed by atoms with van der Waals surface area (Å²) in [6.07, 6.45) is 5.05. The highest BCUT2D eigenvalue weighted by atomic mass is 32.1. The summed E-state index contributed by atoms with van der Waals surface area (Å²) in [4.78, 5) is 9.03. The summed E-state index contributed by atoms with van der Waals surface area (Å²) < 4.78 is 0. The number of nitrogens with zero attached hydrogens (tertiary/aromatic N) is 2. The van der Waals surface area contributed by atoms with Gasteiger partial charge in [-0.15, -0.1) is 0 Å². The highest BCUT2D eigenvalue weighted by Gasteiger charge is 2.37. The summed E-state index contributed by atoms with van der Waals surface area (Å²) >= 11 is 1.94. The van der Waals surface area contributed by atoms with Gasteiger partial charge in [0.1, 0.15) is 0 Å². The predicted molar refractivity (Wildman–Crippen MR) is 86.7 cm³/mol. The van der Waals surface area contributed by atoms with E-state index in [2.05, 4.69) is 37.9 Å². The second-order valence-corrected chi connectivity index (χ2v) is 7.99. The van der Waals surface area contributed by atoms with Crippen LogP contribution in [0.15, 0.2) is 0 Å². The first-order valence-corrected chi connectivity index (χ1v) is 8.85. The Hall–Kier alpha value is -0.610. The summed E-state index contributed by atoms with van der Waals surface area (Å²) in [6.45, 7) is 11.3. The molecule has 4 heteroatoms. The maximum absolute atomic E-state index is 5.02. The highest BCUT2D eigenvalue weighted by Crippen LogP contribution is 2.45. The lowest BCUT2D eigenvalue weighted by Gasteiger charge is -2.34. The van der Waals surface area contributed by atoms with Crippen molar-refractivity contribution in [3.63, 3.8) is 0 Å². The molecular formula is C16H27N3S. The Morgan fingerprint density at radius 3 is 2.70 bits per heavy atom. The third-order valence-corrected chi connectivity index (χ3v) is 5.71. The molecule has 1 N–H and O–H groups in total. The third kappa shape index (κ3) is 2.73. The lowest BCUT2D eigenvalue weighted by atomic mass is 9.76. The van der Waals surface area contributed by atoms with Crippen LogP contribution in [-0.2, 0) is 6.42 Å². The van der Waals surface area contributed by atoms with Gasteiger partial charge in [-0.05, 0) is 44.6 Å². The zero-order valence-electron chi connectivity index (χ0n) is 13.2. The SMILES string of the molecule is CCNC1CC(C)(C)Cc2nc(N(CC)C3CC3)sc21. The van der Waals surface area contributed by atoms with E-state index in [1.54, 1.807) is 0 Å². The van der Waals surface area contributed by atoms with Crippen molar-refractivity contribution in [2.75, 3.05) is 18.0 Å². The van der Waals surface area contributed by atoms with Crippen LogP contribution in [0.3, 0.4) is 0 Å². The van der Waals surface area contributed by atoms with Gasteiger partial charge in [0.2, 0.25) is 0 Å². The number of nitrogens with one attached hydrogen (secondary N) is 1. The highest BCUT2D eigenvalue weighted by molar-refractivity contribution is 7.15. The van der Waals surface area contributed by atoms with Gasteiger partial charge in [-0.3, -0.25) is 0 Å². The second kappa shape index (κ2) is 5.30. The third-order valence-electron chi connectivity index (χ3n) is 4.46. The lowest BCUT2D eigenvalue weighted by molar-refractivity contribution is 0.260. The minimum atomic E-state index is 0.363. The zero-order chi connectivity index (χ0) is 14.3. The molecule has 1 aromatic heterocycles. The average Bonchev–Trinajstić information content (AvgIpc) is 3.10. The molecule has 3 nitrogen and oxygen atoms in total. The van der Waals surface area contributed by atoms with Gasteiger partial charge in [0.05, 0.1) is 5.69 Å². The standard InChI is InChI=1S/C16H27N3S/c1-5-17-12-9-16(3,4)10-13-14(12)20-15(18-13)19(6-2)11-7-8-11/h11-12,17H,5-10H2,1-4H3. The van der Waals surface area contributed by atoms with Gasteiger partial charge < -0.3 is 10.2 Å². The molecule has 1 saturated carbocycles. The number of fused-ring (bicyclic) bond motifs is 1. The molecule has 20 heavy (non-hydrogen) atoms. The molecule has 112 valence electrons. The van der Waals surface area contributed by atoms with Gasteiger partial charge >= 0.3 is 0 Å². The van der Waals surface area contributed by atoms with Gasteiger partial charge in [-0.2, -0.15) is 0 Å². The molecule has 0 spiro atoms. The molecule has 0 amide bonds. The van der Waals surface area contributed by atoms with Crippen LogP contribution in [0.4, 0.5) is 5.13 Å². The van der Waals surface area contributed by atoms with Gasteiger partial charge in [0.25, 0.3) is 0 Å². The van der Waals surface area contributed by atoms with E-state index in [0.717, 1.165) is 25.6 Å². The molecule has 1 fully saturated rings. The Kier molecular flexibility index (Phi) is 3.80. The smallest absolute Gasteiger partial charge is 0.186 e. The normalized spacial score (nSPS) is 24.5. The first kappa shape index (κ1) is 14.3. The van der Waals surface area contributed by atoms with Crippen LogP contribution in [0.5, 0.6) is 0 Å². The van der Waals surface area contributed by atoms with E-state index in [0.29, 0.717) is 11.5 Å². The molecule has 1 unspecified atom stereocenters. The van der Waals surface area contributed by atoms with Gasteiger partial charge in [-0.1, -0.05) is 32.1 Å². The summed E-state index contributed by atoms with van der Waals surface area (Å²) in [5.41, 5.74) is 1.72. The van der Waals surface area contributed by atoms with Crippen LogP contribution < -0.4 is 10.2 Å². The molecule has 2 aliphatic carbocycles. The minimum Gasteiger partial charge on any atom is -0.345 e. The topological polar surface area (TPSA) is 28.2 Å². The van der Waals surface area contributed by atoms with E-state index >= 15 is 0 Å². The van der Waals surface area contributed by atoms with Gasteiger partial charge in [0.15, 0.2) is 5.13 Å². The molecule has 0 aromatic carbocycles. The van der Waals surface area contributed by atoms with Crippen LogP contribution >= 0.6 is 11.3 Å². The number of aromatic nitrogens is 1. The van der Waals surface area contributed by atoms with E-state index in [-0.39, 0.29) is 0 Å². The van der Waals surface area contributed by atoms with E-state index in [4.69, 9.17) is 4.98 Å². The molecule has 0 aliphatic heterocycles. The van der Waals surface area contributed by atoms with Crippen LogP contribution in [-0.4, -0.2) is 24.1 Å². The van der Waals surface area contributed by atoms with Crippen molar-refractivity contribution in [3.8, 4) is 0 Å². The average molecular weight is 293 g/mol. The Balaban J connectivity index is 1.91. The largest absolute Gasteiger partial charge is 0.345 e. The van der Waals surface area contributed by atoms with Crippen molar-refractivity contribution >= 4 is 16.5 Å². The minimum absolute atomic E-state index is 0.363. The molecule has 2 aliphatic rings. The Bertz CT molecular complexity index is 476. The van der Waals surface area contributed by atoms with Crippen molar-refractivity contribution in [1.29, 1.82) is 0 Å². The van der Waals surface area contributed by atoms with Crippen LogP contribution in [0, 0.1) is 5.41 Å². The summed E-state index contributed by atoms with van der Waals surface area (Å²) in [5.74, 6) is 0. The monoisotopic (exact) mass is 293 g/mol. The summed E-state index contributed by atoms with van der Waals surface area (Å²) in [6, 6.07) is 1.26. The quantitative estimate of drug-likeness (QED) is 0.896. The molecule has 1 aromatic rings. The first-order chi connectivity index (χ1) is 9.54. The molecule has 0 saturated heterocycles. The second-order valence-electron chi connectivity index (χ2n) is 6.98. The zero-order valence-corrected chi connectivity index (χ0v) is 14.0. The van der Waals surface area contributed by atoms with Crippen LogP contribution in [0.2, 0.25) is 0 Å². The van der Waals surface area contributed by atoms with E-state index < -0.39 is 0 Å². The molecule has 0 radical (unpaired) electrons. The number of anilines is 1. The van der Waals surface area contributed by atoms with Crippen molar-refractivity contribution < 1.29 is 0 Å². The van der Waals surface area contributed by atoms with Crippen LogP contribution in [0.25, 0.3) is 0 Å². The number of hydrogen-bond donors (Lipinski definition) is 1. The fourth-order valence-corrected chi connectivity index (χ4v) is 4.68. The maximum atomic E-state index is 5.02. The summed E-state index contributed by atoms with van der Waals surface area (Å²) in [5, 5.41) is 4.93. The molecule has 1 atom stereocenters. The molecule has 3 rings (SSSR count). The van der Waals surface area contributed by atoms with Gasteiger partial charge in [-0.25, -0.2) is 4.98 Å². The Labute approximate surface area is 126 Å². The van der Waals surface area contributed by atoms with Crippen molar-refractivity contribution in [2.45, 2.75) is 65.5 Å². The molecular weight excluding hydrogens is 266 g/mol. The Morgan fingerprint density at radius 1 is 1.35 bits per heavy atom. The van der Waals surface area contributed by atoms with E-state index in [9.17, 15) is 0 Å². The predicted octanol–water partition coefficient (Wildman–Crippen LogP) is 3.75. The molecule has 0 bridgehead atoms. The van der Waals surface area contributed by atoms with Crippen molar-refractivity contribution in [1.82, 2.24) is 10.3 Å². The number of hydrogen-bond acceptors (Lipinski definition) is 4. The number of thiazole rings is 1. The Morgan fingerprint density at radius 2 is 2.10 bits per heavy atom. The van der Waals surface area contributed by atoms with Crippen molar-refractivity contribution in [3.05, 3.63) is 10.6 Å². The van der Waals surface area contributed by atoms with E-state index in [1.807, 2.05) is 11.3 Å². The van der Waals surface area contributed by atoms with E-state index in [1.165, 1.54) is 35.0 Å².